The molecule has 0 aromatic carbocycles. The second-order valence-electron chi connectivity index (χ2n) is 29.6. The largest absolute Gasteiger partial charge is 0.463 e. The van der Waals surface area contributed by atoms with Crippen molar-refractivity contribution in [2.75, 3.05) is 105 Å². The number of carbonyl (C=O) groups is 17. The average molecular weight is 1750 g/mol. The minimum Gasteiger partial charge on any atom is -0.463 e. The van der Waals surface area contributed by atoms with Gasteiger partial charge in [0.2, 0.25) is 47.3 Å². The molecule has 3 aliphatic rings. The first kappa shape index (κ1) is 107. The summed E-state index contributed by atoms with van der Waals surface area (Å²) in [6.07, 6.45) is -6.91. The second kappa shape index (κ2) is 60.2. The van der Waals surface area contributed by atoms with E-state index in [1.807, 2.05) is 0 Å². The molecule has 3 aliphatic heterocycles. The maximum atomic E-state index is 13.8. The molecule has 3 heterocycles. The van der Waals surface area contributed by atoms with Crippen LogP contribution in [0.4, 0.5) is 0 Å². The van der Waals surface area contributed by atoms with Gasteiger partial charge in [0.1, 0.15) is 56.3 Å². The van der Waals surface area contributed by atoms with Crippen molar-refractivity contribution in [1.29, 1.82) is 0 Å². The molecule has 0 radical (unpaired) electrons. The molecule has 0 aliphatic carbocycles. The lowest BCUT2D eigenvalue weighted by Crippen LogP contribution is -2.66. The molecule has 0 aromatic heterocycles. The molecule has 3 fully saturated rings. The van der Waals surface area contributed by atoms with E-state index in [0.29, 0.717) is 122 Å². The van der Waals surface area contributed by atoms with Gasteiger partial charge in [-0.05, 0) is 83.7 Å². The van der Waals surface area contributed by atoms with Gasteiger partial charge in [-0.2, -0.15) is 0 Å². The molecule has 0 aromatic rings. The third-order valence-corrected chi connectivity index (χ3v) is 18.6. The first-order valence-corrected chi connectivity index (χ1v) is 41.5. The summed E-state index contributed by atoms with van der Waals surface area (Å²) in [7, 11) is 0. The molecule has 11 N–H and O–H groups in total. The molecule has 16 unspecified atom stereocenters. The molecule has 0 spiro atoms. The highest BCUT2D eigenvalue weighted by atomic mass is 16.7. The van der Waals surface area contributed by atoms with Crippen LogP contribution in [-0.2, 0) is 153 Å². The van der Waals surface area contributed by atoms with Crippen molar-refractivity contribution in [3.05, 3.63) is 0 Å². The Morgan fingerprint density at radius 1 is 0.320 bits per heavy atom. The fraction of sp³-hybridized carbons (Fsp3) is 0.785. The van der Waals surface area contributed by atoms with Crippen LogP contribution >= 0.6 is 0 Å². The van der Waals surface area contributed by atoms with Gasteiger partial charge in [-0.15, -0.1) is 0 Å². The number of carbonyl (C=O) groups excluding carboxylic acids is 17. The summed E-state index contributed by atoms with van der Waals surface area (Å²) in [5.74, 6) is -9.49. The lowest BCUT2D eigenvalue weighted by molar-refractivity contribution is -0.277. The Bertz CT molecular complexity index is 3200. The van der Waals surface area contributed by atoms with Crippen LogP contribution in [0.25, 0.3) is 0 Å². The lowest BCUT2D eigenvalue weighted by atomic mass is 9.96. The number of nitrogens with one attached hydrogen (secondary N) is 9. The fourth-order valence-electron chi connectivity index (χ4n) is 13.4. The summed E-state index contributed by atoms with van der Waals surface area (Å²) >= 11 is 0. The number of esters is 9. The molecular formula is C79H131N11O32. The molecule has 0 bridgehead atoms. The molecule has 122 heavy (non-hydrogen) atoms. The lowest BCUT2D eigenvalue weighted by Gasteiger charge is -2.44. The topological polar surface area (TPSA) is 566 Å². The van der Waals surface area contributed by atoms with E-state index < -0.39 is 177 Å². The van der Waals surface area contributed by atoms with Crippen LogP contribution in [0, 0.1) is 0 Å². The summed E-state index contributed by atoms with van der Waals surface area (Å²) in [6, 6.07) is -3.75. The Morgan fingerprint density at radius 2 is 0.598 bits per heavy atom. The number of hydrogen-bond acceptors (Lipinski definition) is 35. The number of amides is 8. The maximum absolute atomic E-state index is 13.8. The number of nitrogens with zero attached hydrogens (tertiary/aromatic N) is 1. The predicted octanol–water partition coefficient (Wildman–Crippen LogP) is -1.17. The molecule has 0 saturated carbocycles. The van der Waals surface area contributed by atoms with Gasteiger partial charge in [-0.1, -0.05) is 25.7 Å². The van der Waals surface area contributed by atoms with Crippen LogP contribution in [0.3, 0.4) is 0 Å². The standard InChI is InChI=1S/C79H131N11O32/c1-47(91)87-68-74(117-56(10)100)71(114-53(7)97)60(44-111-50(4)94)120-77(68)108-38-21-13-16-28-63(103)82-33-24-32-81-41-59(27-19-20-31-80)90(42-66(106)85-36-25-34-83-64(104)29-17-14-22-39-109-78-69(88-48(2)92)75(118-57(11)101)72(115-54(8)98)61(121-78)45-112-51(5)95)43-67(107)86-37-26-35-84-65(105)30-18-15-23-40-110-79-70(89-49(3)93)76(119-58(12)102)73(116-55(9)99)62(122-79)46-113-52(6)96/h59-62,68-79,81H,13-46,80H2,1-12H3,(H,82,103)(H,83,104)(H,84,105)(H,85,106)(H,86,107)(H,87,91)(H,88,92)(H,89,93). The van der Waals surface area contributed by atoms with Gasteiger partial charge < -0.3 is 125 Å². The van der Waals surface area contributed by atoms with Crippen LogP contribution < -0.4 is 53.6 Å². The van der Waals surface area contributed by atoms with Crippen molar-refractivity contribution < 1.29 is 153 Å². The highest BCUT2D eigenvalue weighted by Crippen LogP contribution is 2.32. The minimum atomic E-state index is -1.28. The maximum Gasteiger partial charge on any atom is 0.303 e. The zero-order chi connectivity index (χ0) is 90.6. The van der Waals surface area contributed by atoms with Crippen molar-refractivity contribution in [2.24, 2.45) is 5.73 Å². The smallest absolute Gasteiger partial charge is 0.303 e. The number of hydrogen-bond donors (Lipinski definition) is 10. The van der Waals surface area contributed by atoms with Crippen molar-refractivity contribution in [3.8, 4) is 0 Å². The predicted molar refractivity (Wildman–Crippen MR) is 425 cm³/mol. The van der Waals surface area contributed by atoms with Gasteiger partial charge in [0, 0.05) is 167 Å². The summed E-state index contributed by atoms with van der Waals surface area (Å²) < 4.78 is 84.5. The van der Waals surface area contributed by atoms with Gasteiger partial charge in [0.25, 0.3) is 0 Å². The summed E-state index contributed by atoms with van der Waals surface area (Å²) in [6.45, 7) is 15.0. The van der Waals surface area contributed by atoms with E-state index in [1.165, 1.54) is 41.5 Å². The normalized spacial score (nSPS) is 22.5. The minimum absolute atomic E-state index is 0.0639. The third kappa shape index (κ3) is 45.7. The summed E-state index contributed by atoms with van der Waals surface area (Å²) in [5, 5.41) is 25.8. The third-order valence-electron chi connectivity index (χ3n) is 18.6. The summed E-state index contributed by atoms with van der Waals surface area (Å²) in [4.78, 5) is 214. The van der Waals surface area contributed by atoms with Gasteiger partial charge >= 0.3 is 53.7 Å². The van der Waals surface area contributed by atoms with Crippen LogP contribution in [0.1, 0.15) is 199 Å². The van der Waals surface area contributed by atoms with Crippen molar-refractivity contribution >= 4 is 101 Å². The quantitative estimate of drug-likeness (QED) is 0.0195. The zero-order valence-electron chi connectivity index (χ0n) is 72.4. The van der Waals surface area contributed by atoms with Crippen LogP contribution in [-0.4, -0.2) is 309 Å². The molecule has 16 atom stereocenters. The first-order valence-electron chi connectivity index (χ1n) is 41.5. The number of nitrogens with two attached hydrogens (primary N) is 1. The van der Waals surface area contributed by atoms with E-state index in [2.05, 4.69) is 47.9 Å². The van der Waals surface area contributed by atoms with Crippen LogP contribution in [0.2, 0.25) is 0 Å². The Balaban J connectivity index is 1.59. The average Bonchev–Trinajstić information content (AvgIpc) is 0.799. The Kier molecular flexibility index (Phi) is 52.7. The Morgan fingerprint density at radius 3 is 0.869 bits per heavy atom. The Hall–Kier alpha value is -9.37. The first-order chi connectivity index (χ1) is 58.0. The number of unbranched alkanes of at least 4 members (excludes halogenated alkanes) is 7. The van der Waals surface area contributed by atoms with E-state index in [9.17, 15) is 81.5 Å². The van der Waals surface area contributed by atoms with E-state index >= 15 is 0 Å². The van der Waals surface area contributed by atoms with E-state index in [4.69, 9.17) is 76.8 Å². The molecule has 43 nitrogen and oxygen atoms in total. The highest BCUT2D eigenvalue weighted by Gasteiger charge is 2.54. The van der Waals surface area contributed by atoms with Gasteiger partial charge in [-0.25, -0.2) is 0 Å². The molecule has 43 heteroatoms. The fourth-order valence-corrected chi connectivity index (χ4v) is 13.4. The zero-order valence-corrected chi connectivity index (χ0v) is 72.4. The Labute approximate surface area is 711 Å². The van der Waals surface area contributed by atoms with Crippen molar-refractivity contribution in [2.45, 2.75) is 297 Å². The SMILES string of the molecule is CC(=O)NC1C(OCCCCCC(=O)NCCCNCC(CCCCN)N(CC(=O)NCCCNC(=O)CCCCCOC2OC(COC(C)=O)C(OC(C)=O)C(OC(C)=O)C2NC(C)=O)CC(=O)NCCCNC(=O)CCCCCOC2OC(COC(C)=O)C(OC(C)=O)C(OC(C)=O)C2NC(C)=O)OC(COC(C)=O)C(OC(C)=O)C1OC(C)=O. The number of rotatable bonds is 59. The second-order valence-corrected chi connectivity index (χ2v) is 29.6. The van der Waals surface area contributed by atoms with Crippen molar-refractivity contribution in [3.63, 3.8) is 0 Å². The molecular weight excluding hydrogens is 1610 g/mol. The van der Waals surface area contributed by atoms with E-state index in [1.54, 1.807) is 4.90 Å². The summed E-state index contributed by atoms with van der Waals surface area (Å²) in [5.41, 5.74) is 5.92. The molecule has 694 valence electrons. The van der Waals surface area contributed by atoms with Crippen LogP contribution in [0.15, 0.2) is 0 Å². The van der Waals surface area contributed by atoms with Gasteiger partial charge in [-0.3, -0.25) is 86.4 Å². The number of ether oxygens (including phenoxy) is 15. The van der Waals surface area contributed by atoms with Crippen molar-refractivity contribution in [1.82, 2.24) is 52.8 Å². The van der Waals surface area contributed by atoms with E-state index in [0.717, 1.165) is 41.5 Å². The molecule has 3 rings (SSSR count). The molecule has 3 saturated heterocycles. The highest BCUT2D eigenvalue weighted by molar-refractivity contribution is 5.82. The van der Waals surface area contributed by atoms with Gasteiger partial charge in [0.05, 0.1) is 13.1 Å². The monoisotopic (exact) mass is 1750 g/mol. The van der Waals surface area contributed by atoms with Crippen LogP contribution in [0.5, 0.6) is 0 Å². The molecule has 8 amide bonds. The van der Waals surface area contributed by atoms with Gasteiger partial charge in [0.15, 0.2) is 55.5 Å². The van der Waals surface area contributed by atoms with E-state index in [-0.39, 0.29) is 121 Å².